The predicted molar refractivity (Wildman–Crippen MR) is 73.9 cm³/mol. The van der Waals surface area contributed by atoms with E-state index >= 15 is 0 Å². The summed E-state index contributed by atoms with van der Waals surface area (Å²) in [6.07, 6.45) is 0. The summed E-state index contributed by atoms with van der Waals surface area (Å²) in [5.74, 6) is -0.0905. The van der Waals surface area contributed by atoms with Crippen LogP contribution < -0.4 is 0 Å². The molecule has 0 saturated carbocycles. The van der Waals surface area contributed by atoms with Crippen molar-refractivity contribution in [3.63, 3.8) is 0 Å². The Labute approximate surface area is 116 Å². The molecule has 0 spiro atoms. The van der Waals surface area contributed by atoms with Crippen molar-refractivity contribution in [2.24, 2.45) is 5.92 Å². The van der Waals surface area contributed by atoms with E-state index in [1.807, 2.05) is 13.0 Å². The highest BCUT2D eigenvalue weighted by atomic mass is 16.4. The van der Waals surface area contributed by atoms with E-state index in [9.17, 15) is 9.59 Å². The van der Waals surface area contributed by atoms with Crippen molar-refractivity contribution in [2.45, 2.75) is 26.7 Å². The van der Waals surface area contributed by atoms with Gasteiger partial charge < -0.3 is 4.42 Å². The lowest BCUT2D eigenvalue weighted by atomic mass is 9.91. The smallest absolute Gasteiger partial charge is 0.271 e. The molecule has 0 fully saturated rings. The summed E-state index contributed by atoms with van der Waals surface area (Å²) in [7, 11) is 0. The number of benzene rings is 1. The molecule has 1 unspecified atom stereocenters. The zero-order chi connectivity index (χ0) is 14.4. The number of hydrogen-bond donors (Lipinski definition) is 0. The van der Waals surface area contributed by atoms with Crippen molar-refractivity contribution in [2.75, 3.05) is 0 Å². The van der Waals surface area contributed by atoms with Crippen molar-refractivity contribution in [1.82, 2.24) is 4.98 Å². The molecule has 0 aliphatic heterocycles. The summed E-state index contributed by atoms with van der Waals surface area (Å²) in [5, 5.41) is 0. The average molecular weight is 269 g/mol. The third-order valence-corrected chi connectivity index (χ3v) is 3.87. The summed E-state index contributed by atoms with van der Waals surface area (Å²) in [6.45, 7) is 6.13. The molecule has 3 rings (SSSR count). The fraction of sp³-hybridized carbons (Fsp3) is 0.312. The van der Waals surface area contributed by atoms with Crippen LogP contribution in [0.1, 0.15) is 53.5 Å². The second-order valence-electron chi connectivity index (χ2n) is 5.47. The van der Waals surface area contributed by atoms with Crippen molar-refractivity contribution in [1.29, 1.82) is 0 Å². The van der Waals surface area contributed by atoms with Gasteiger partial charge in [0.1, 0.15) is 5.69 Å². The molecule has 1 aliphatic carbocycles. The predicted octanol–water partition coefficient (Wildman–Crippen LogP) is 3.48. The molecule has 0 saturated heterocycles. The van der Waals surface area contributed by atoms with Gasteiger partial charge in [-0.3, -0.25) is 9.59 Å². The van der Waals surface area contributed by atoms with Crippen LogP contribution in [-0.2, 0) is 0 Å². The van der Waals surface area contributed by atoms with E-state index in [1.165, 1.54) is 0 Å². The van der Waals surface area contributed by atoms with Gasteiger partial charge in [-0.2, -0.15) is 0 Å². The fourth-order valence-corrected chi connectivity index (χ4v) is 2.27. The minimum atomic E-state index is -0.603. The van der Waals surface area contributed by atoms with Gasteiger partial charge in [-0.05, 0) is 5.92 Å². The number of Topliss-reactive ketones (excluding diaryl/α,β-unsaturated/α-hetero) is 2. The molecule has 102 valence electrons. The Kier molecular flexibility index (Phi) is 2.82. The van der Waals surface area contributed by atoms with E-state index < -0.39 is 11.6 Å². The minimum absolute atomic E-state index is 0.0798. The average Bonchev–Trinajstić information content (AvgIpc) is 2.89. The molecule has 0 bridgehead atoms. The monoisotopic (exact) mass is 269 g/mol. The maximum absolute atomic E-state index is 12.1. The van der Waals surface area contributed by atoms with Crippen LogP contribution in [-0.4, -0.2) is 16.6 Å². The van der Waals surface area contributed by atoms with Crippen LogP contribution in [0.25, 0.3) is 11.3 Å². The molecule has 0 amide bonds. The minimum Gasteiger partial charge on any atom is -0.436 e. The molecule has 4 heteroatoms. The molecule has 4 nitrogen and oxygen atoms in total. The molecule has 1 heterocycles. The van der Waals surface area contributed by atoms with Crippen LogP contribution in [0.15, 0.2) is 28.7 Å². The Balaban J connectivity index is 2.21. The Morgan fingerprint density at radius 1 is 1.00 bits per heavy atom. The van der Waals surface area contributed by atoms with Gasteiger partial charge in [-0.15, -0.1) is 0 Å². The van der Waals surface area contributed by atoms with Crippen LogP contribution in [0.2, 0.25) is 0 Å². The second kappa shape index (κ2) is 4.40. The zero-order valence-electron chi connectivity index (χ0n) is 11.6. The molecular formula is C16H15NO3. The summed E-state index contributed by atoms with van der Waals surface area (Å²) in [5.41, 5.74) is 1.58. The van der Waals surface area contributed by atoms with E-state index in [4.69, 9.17) is 4.42 Å². The Hall–Kier alpha value is -2.23. The molecule has 1 aromatic carbocycles. The topological polar surface area (TPSA) is 60.2 Å². The van der Waals surface area contributed by atoms with Crippen molar-refractivity contribution in [3.05, 3.63) is 41.5 Å². The number of carbonyl (C=O) groups is 2. The zero-order valence-corrected chi connectivity index (χ0v) is 11.6. The standard InChI is InChI=1S/C16H15NO3/c1-8(2)9(3)16-17-12-10-6-4-5-7-11(10)13(18)14(19)15(12)20-16/h4-9H,1-3H3. The SMILES string of the molecule is CC(C)C(C)c1nc2c(o1)C(=O)C(=O)c1ccccc1-2. The van der Waals surface area contributed by atoms with E-state index in [-0.39, 0.29) is 11.7 Å². The van der Waals surface area contributed by atoms with E-state index in [1.54, 1.807) is 18.2 Å². The molecule has 0 radical (unpaired) electrons. The highest BCUT2D eigenvalue weighted by molar-refractivity contribution is 6.52. The normalized spacial score (nSPS) is 15.2. The van der Waals surface area contributed by atoms with Crippen molar-refractivity contribution < 1.29 is 14.0 Å². The summed E-state index contributed by atoms with van der Waals surface area (Å²) in [4.78, 5) is 28.6. The first-order chi connectivity index (χ1) is 9.50. The highest BCUT2D eigenvalue weighted by Crippen LogP contribution is 2.35. The molecule has 0 N–H and O–H groups in total. The van der Waals surface area contributed by atoms with Crippen LogP contribution in [0.4, 0.5) is 0 Å². The molecular weight excluding hydrogens is 254 g/mol. The number of carbonyl (C=O) groups excluding carboxylic acids is 2. The lowest BCUT2D eigenvalue weighted by Crippen LogP contribution is -2.20. The lowest BCUT2D eigenvalue weighted by molar-refractivity contribution is 0.0797. The van der Waals surface area contributed by atoms with Gasteiger partial charge in [0.05, 0.1) is 0 Å². The maximum atomic E-state index is 12.1. The largest absolute Gasteiger partial charge is 0.436 e. The van der Waals surface area contributed by atoms with Gasteiger partial charge in [0, 0.05) is 17.0 Å². The molecule has 20 heavy (non-hydrogen) atoms. The third-order valence-electron chi connectivity index (χ3n) is 3.87. The number of nitrogens with zero attached hydrogens (tertiary/aromatic N) is 1. The fourth-order valence-electron chi connectivity index (χ4n) is 2.27. The van der Waals surface area contributed by atoms with Gasteiger partial charge in [0.2, 0.25) is 11.5 Å². The maximum Gasteiger partial charge on any atom is 0.271 e. The highest BCUT2D eigenvalue weighted by Gasteiger charge is 2.36. The lowest BCUT2D eigenvalue weighted by Gasteiger charge is -2.10. The number of oxazole rings is 1. The summed E-state index contributed by atoms with van der Waals surface area (Å²) in [6, 6.07) is 7.02. The number of rotatable bonds is 2. The van der Waals surface area contributed by atoms with Gasteiger partial charge in [0.25, 0.3) is 5.78 Å². The summed E-state index contributed by atoms with van der Waals surface area (Å²) >= 11 is 0. The first kappa shape index (κ1) is 12.8. The van der Waals surface area contributed by atoms with Crippen LogP contribution >= 0.6 is 0 Å². The Morgan fingerprint density at radius 2 is 1.65 bits per heavy atom. The summed E-state index contributed by atoms with van der Waals surface area (Å²) < 4.78 is 5.59. The van der Waals surface area contributed by atoms with E-state index in [2.05, 4.69) is 18.8 Å². The van der Waals surface area contributed by atoms with Gasteiger partial charge in [-0.1, -0.05) is 45.0 Å². The van der Waals surface area contributed by atoms with Crippen LogP contribution in [0.3, 0.4) is 0 Å². The Bertz CT molecular complexity index is 712. The van der Waals surface area contributed by atoms with Gasteiger partial charge in [-0.25, -0.2) is 4.98 Å². The second-order valence-corrected chi connectivity index (χ2v) is 5.47. The number of aromatic nitrogens is 1. The van der Waals surface area contributed by atoms with Crippen LogP contribution in [0, 0.1) is 5.92 Å². The van der Waals surface area contributed by atoms with Gasteiger partial charge in [0.15, 0.2) is 5.89 Å². The van der Waals surface area contributed by atoms with Crippen LogP contribution in [0.5, 0.6) is 0 Å². The number of fused-ring (bicyclic) bond motifs is 3. The van der Waals surface area contributed by atoms with Crippen molar-refractivity contribution in [3.8, 4) is 11.3 Å². The number of hydrogen-bond acceptors (Lipinski definition) is 4. The first-order valence-electron chi connectivity index (χ1n) is 6.70. The van der Waals surface area contributed by atoms with E-state index in [0.29, 0.717) is 28.6 Å². The molecule has 1 atom stereocenters. The molecule has 1 aromatic heterocycles. The third kappa shape index (κ3) is 1.72. The molecule has 1 aliphatic rings. The van der Waals surface area contributed by atoms with Crippen molar-refractivity contribution >= 4 is 11.6 Å². The molecule has 2 aromatic rings. The quantitative estimate of drug-likeness (QED) is 0.783. The van der Waals surface area contributed by atoms with Gasteiger partial charge >= 0.3 is 0 Å². The first-order valence-corrected chi connectivity index (χ1v) is 6.70. The Morgan fingerprint density at radius 3 is 2.30 bits per heavy atom. The van der Waals surface area contributed by atoms with E-state index in [0.717, 1.165) is 0 Å². The number of ketones is 2.